The summed E-state index contributed by atoms with van der Waals surface area (Å²) in [6.07, 6.45) is 1.43. The summed E-state index contributed by atoms with van der Waals surface area (Å²) in [7, 11) is -1.14. The highest BCUT2D eigenvalue weighted by molar-refractivity contribution is 7.86. The Balaban J connectivity index is 2.46. The van der Waals surface area contributed by atoms with E-state index in [1.54, 1.807) is 12.1 Å². The molecule has 2 unspecified atom stereocenters. The molecule has 1 aromatic carbocycles. The Hall–Kier alpha value is -1.20. The molecule has 1 aromatic heterocycles. The van der Waals surface area contributed by atoms with E-state index in [2.05, 4.69) is 15.2 Å². The molecule has 1 heterocycles. The first-order valence-electron chi connectivity index (χ1n) is 5.91. The Morgan fingerprint density at radius 1 is 1.26 bits per heavy atom. The largest absolute Gasteiger partial charge is 0.262 e. The number of hydrogen-bond donors (Lipinski definition) is 1. The van der Waals surface area contributed by atoms with Crippen LogP contribution < -0.4 is 0 Å². The lowest BCUT2D eigenvalue weighted by Gasteiger charge is -2.24. The van der Waals surface area contributed by atoms with E-state index in [-0.39, 0.29) is 10.00 Å². The molecular formula is C13H16ClN3OS. The van der Waals surface area contributed by atoms with Crippen molar-refractivity contribution in [1.29, 1.82) is 0 Å². The smallest absolute Gasteiger partial charge is 0.144 e. The van der Waals surface area contributed by atoms with Crippen molar-refractivity contribution in [2.45, 2.75) is 30.8 Å². The highest BCUT2D eigenvalue weighted by atomic mass is 35.5. The van der Waals surface area contributed by atoms with Crippen LogP contribution in [0.1, 0.15) is 37.4 Å². The van der Waals surface area contributed by atoms with E-state index in [0.29, 0.717) is 10.8 Å². The highest BCUT2D eigenvalue weighted by Crippen LogP contribution is 2.32. The van der Waals surface area contributed by atoms with Crippen LogP contribution in [0.2, 0.25) is 5.02 Å². The predicted octanol–water partition coefficient (Wildman–Crippen LogP) is 3.09. The molecular weight excluding hydrogens is 282 g/mol. The summed E-state index contributed by atoms with van der Waals surface area (Å²) in [4.78, 5) is 4.16. The van der Waals surface area contributed by atoms with Gasteiger partial charge in [0.05, 0.1) is 0 Å². The second-order valence-corrected chi connectivity index (χ2v) is 7.94. The summed E-state index contributed by atoms with van der Waals surface area (Å²) in [6.45, 7) is 5.84. The molecule has 0 radical (unpaired) electrons. The Morgan fingerprint density at radius 3 is 2.37 bits per heavy atom. The van der Waals surface area contributed by atoms with Gasteiger partial charge in [-0.05, 0) is 38.5 Å². The zero-order valence-electron chi connectivity index (χ0n) is 11.1. The molecule has 102 valence electrons. The summed E-state index contributed by atoms with van der Waals surface area (Å²) in [6, 6.07) is 7.33. The summed E-state index contributed by atoms with van der Waals surface area (Å²) >= 11 is 5.90. The second kappa shape index (κ2) is 5.43. The van der Waals surface area contributed by atoms with Crippen molar-refractivity contribution >= 4 is 22.4 Å². The molecule has 0 saturated heterocycles. The molecule has 0 aliphatic rings. The molecule has 0 amide bonds. The van der Waals surface area contributed by atoms with Gasteiger partial charge in [-0.15, -0.1) is 0 Å². The number of aromatic amines is 1. The van der Waals surface area contributed by atoms with Crippen LogP contribution in [0.4, 0.5) is 0 Å². The number of halogens is 1. The Morgan fingerprint density at radius 2 is 1.89 bits per heavy atom. The zero-order valence-corrected chi connectivity index (χ0v) is 12.6. The number of nitrogens with one attached hydrogen (secondary N) is 1. The molecule has 0 fully saturated rings. The normalized spacial score (nSPS) is 15.2. The van der Waals surface area contributed by atoms with Gasteiger partial charge in [0.15, 0.2) is 0 Å². The van der Waals surface area contributed by atoms with Crippen LogP contribution in [-0.4, -0.2) is 24.1 Å². The maximum atomic E-state index is 12.7. The molecule has 1 N–H and O–H groups in total. The second-order valence-electron chi connectivity index (χ2n) is 5.21. The summed E-state index contributed by atoms with van der Waals surface area (Å²) in [5.41, 5.74) is 0.911. The Bertz CT molecular complexity index is 561. The molecule has 0 bridgehead atoms. The average molecular weight is 298 g/mol. The Labute approximate surface area is 120 Å². The number of H-pyrrole nitrogens is 1. The van der Waals surface area contributed by atoms with Gasteiger partial charge in [-0.3, -0.25) is 9.31 Å². The molecule has 6 heteroatoms. The third-order valence-corrected chi connectivity index (χ3v) is 5.06. The SMILES string of the molecule is CC(C)(C)S(=O)C(c1ccc(Cl)cc1)c1ncn[nH]1. The van der Waals surface area contributed by atoms with Gasteiger partial charge in [-0.25, -0.2) is 4.98 Å². The Kier molecular flexibility index (Phi) is 4.06. The summed E-state index contributed by atoms with van der Waals surface area (Å²) in [5, 5.41) is 6.99. The quantitative estimate of drug-likeness (QED) is 0.947. The lowest BCUT2D eigenvalue weighted by molar-refractivity contribution is 0.640. The third-order valence-electron chi connectivity index (χ3n) is 2.67. The van der Waals surface area contributed by atoms with Gasteiger partial charge in [-0.2, -0.15) is 5.10 Å². The molecule has 2 rings (SSSR count). The zero-order chi connectivity index (χ0) is 14.0. The van der Waals surface area contributed by atoms with E-state index < -0.39 is 10.8 Å². The van der Waals surface area contributed by atoms with Crippen molar-refractivity contribution in [2.24, 2.45) is 0 Å². The predicted molar refractivity (Wildman–Crippen MR) is 77.6 cm³/mol. The van der Waals surface area contributed by atoms with Crippen molar-refractivity contribution in [3.05, 3.63) is 47.0 Å². The van der Waals surface area contributed by atoms with Crippen LogP contribution in [0.25, 0.3) is 0 Å². The summed E-state index contributed by atoms with van der Waals surface area (Å²) in [5.74, 6) is 0.607. The maximum absolute atomic E-state index is 12.7. The molecule has 0 aliphatic carbocycles. The van der Waals surface area contributed by atoms with E-state index >= 15 is 0 Å². The fourth-order valence-corrected chi connectivity index (χ4v) is 3.27. The summed E-state index contributed by atoms with van der Waals surface area (Å²) < 4.78 is 12.4. The van der Waals surface area contributed by atoms with Gasteiger partial charge in [-0.1, -0.05) is 23.7 Å². The van der Waals surface area contributed by atoms with Crippen molar-refractivity contribution in [2.75, 3.05) is 0 Å². The van der Waals surface area contributed by atoms with Crippen LogP contribution in [0.3, 0.4) is 0 Å². The first kappa shape index (κ1) is 14.2. The van der Waals surface area contributed by atoms with Gasteiger partial charge in [0.2, 0.25) is 0 Å². The third kappa shape index (κ3) is 3.22. The van der Waals surface area contributed by atoms with E-state index in [0.717, 1.165) is 5.56 Å². The first-order valence-corrected chi connectivity index (χ1v) is 7.50. The molecule has 19 heavy (non-hydrogen) atoms. The minimum Gasteiger partial charge on any atom is -0.262 e. The van der Waals surface area contributed by atoms with Crippen LogP contribution in [0.5, 0.6) is 0 Å². The average Bonchev–Trinajstić information content (AvgIpc) is 2.84. The van der Waals surface area contributed by atoms with Crippen LogP contribution in [0.15, 0.2) is 30.6 Å². The molecule has 2 atom stereocenters. The number of nitrogens with zero attached hydrogens (tertiary/aromatic N) is 2. The van der Waals surface area contributed by atoms with Crippen molar-refractivity contribution in [1.82, 2.24) is 15.2 Å². The fourth-order valence-electron chi connectivity index (χ4n) is 1.72. The lowest BCUT2D eigenvalue weighted by Crippen LogP contribution is -2.28. The van der Waals surface area contributed by atoms with Crippen molar-refractivity contribution in [3.63, 3.8) is 0 Å². The van der Waals surface area contributed by atoms with Gasteiger partial charge < -0.3 is 0 Å². The minimum absolute atomic E-state index is 0.334. The molecule has 4 nitrogen and oxygen atoms in total. The van der Waals surface area contributed by atoms with Crippen LogP contribution >= 0.6 is 11.6 Å². The van der Waals surface area contributed by atoms with Crippen LogP contribution in [0, 0.1) is 0 Å². The fraction of sp³-hybridized carbons (Fsp3) is 0.385. The van der Waals surface area contributed by atoms with Gasteiger partial charge >= 0.3 is 0 Å². The van der Waals surface area contributed by atoms with Gasteiger partial charge in [0, 0.05) is 20.6 Å². The molecule has 0 spiro atoms. The first-order chi connectivity index (χ1) is 8.89. The van der Waals surface area contributed by atoms with E-state index in [1.807, 2.05) is 32.9 Å². The minimum atomic E-state index is -1.14. The molecule has 0 aliphatic heterocycles. The van der Waals surface area contributed by atoms with Crippen molar-refractivity contribution < 1.29 is 4.21 Å². The van der Waals surface area contributed by atoms with E-state index in [9.17, 15) is 4.21 Å². The number of aromatic nitrogens is 3. The number of benzene rings is 1. The number of rotatable bonds is 3. The maximum Gasteiger partial charge on any atom is 0.144 e. The van der Waals surface area contributed by atoms with E-state index in [1.165, 1.54) is 6.33 Å². The highest BCUT2D eigenvalue weighted by Gasteiger charge is 2.32. The molecule has 2 aromatic rings. The molecule has 0 saturated carbocycles. The standard InChI is InChI=1S/C13H16ClN3OS/c1-13(2,3)19(18)11(12-15-8-16-17-12)9-4-6-10(14)7-5-9/h4-8,11H,1-3H3,(H,15,16,17). The number of hydrogen-bond acceptors (Lipinski definition) is 3. The lowest BCUT2D eigenvalue weighted by atomic mass is 10.1. The monoisotopic (exact) mass is 297 g/mol. The van der Waals surface area contributed by atoms with Crippen LogP contribution in [-0.2, 0) is 10.8 Å². The van der Waals surface area contributed by atoms with Crippen molar-refractivity contribution in [3.8, 4) is 0 Å². The van der Waals surface area contributed by atoms with Gasteiger partial charge in [0.1, 0.15) is 17.4 Å². The topological polar surface area (TPSA) is 58.6 Å². The van der Waals surface area contributed by atoms with Gasteiger partial charge in [0.25, 0.3) is 0 Å². The van der Waals surface area contributed by atoms with E-state index in [4.69, 9.17) is 11.6 Å².